The van der Waals surface area contributed by atoms with Crippen molar-refractivity contribution in [3.05, 3.63) is 53.5 Å². The van der Waals surface area contributed by atoms with Crippen molar-refractivity contribution < 1.29 is 4.39 Å². The van der Waals surface area contributed by atoms with Gasteiger partial charge < -0.3 is 0 Å². The van der Waals surface area contributed by atoms with Crippen LogP contribution in [0.3, 0.4) is 0 Å². The van der Waals surface area contributed by atoms with Gasteiger partial charge in [0, 0.05) is 5.56 Å². The lowest BCUT2D eigenvalue weighted by Gasteiger charge is -2.04. The largest absolute Gasteiger partial charge is 0.252 e. The fraction of sp³-hybridized carbons (Fsp3) is 0.0769. The Hall–Kier alpha value is -2.21. The Morgan fingerprint density at radius 2 is 1.94 bits per heavy atom. The summed E-state index contributed by atoms with van der Waals surface area (Å²) in [5, 5.41) is 8.77. The van der Waals surface area contributed by atoms with Crippen LogP contribution in [0.5, 0.6) is 0 Å². The topological polar surface area (TPSA) is 36.7 Å². The Kier molecular flexibility index (Phi) is 2.65. The van der Waals surface area contributed by atoms with Crippen LogP contribution in [-0.2, 0) is 0 Å². The fourth-order valence-electron chi connectivity index (χ4n) is 1.50. The molecule has 0 aliphatic rings. The average molecular weight is 212 g/mol. The van der Waals surface area contributed by atoms with Crippen LogP contribution in [0.2, 0.25) is 0 Å². The van der Waals surface area contributed by atoms with Crippen molar-refractivity contribution in [3.63, 3.8) is 0 Å². The van der Waals surface area contributed by atoms with Crippen molar-refractivity contribution in [2.75, 3.05) is 0 Å². The van der Waals surface area contributed by atoms with Gasteiger partial charge in [0.15, 0.2) is 0 Å². The Morgan fingerprint density at radius 1 is 1.19 bits per heavy atom. The van der Waals surface area contributed by atoms with Crippen molar-refractivity contribution in [2.24, 2.45) is 0 Å². The molecule has 1 aromatic heterocycles. The lowest BCUT2D eigenvalue weighted by Crippen LogP contribution is -1.92. The van der Waals surface area contributed by atoms with Gasteiger partial charge in [-0.1, -0.05) is 12.1 Å². The molecule has 78 valence electrons. The molecule has 0 spiro atoms. The van der Waals surface area contributed by atoms with Crippen LogP contribution in [0.25, 0.3) is 11.3 Å². The van der Waals surface area contributed by atoms with Crippen LogP contribution in [-0.4, -0.2) is 4.98 Å². The highest BCUT2D eigenvalue weighted by Gasteiger charge is 2.07. The molecule has 0 saturated heterocycles. The second-order valence-corrected chi connectivity index (χ2v) is 3.42. The van der Waals surface area contributed by atoms with Gasteiger partial charge in [-0.3, -0.25) is 4.98 Å². The standard InChI is InChI=1S/C13H9FN2/c1-9-10(8-15)6-7-13(16-9)11-4-2-3-5-12(11)14/h2-7H,1H3. The van der Waals surface area contributed by atoms with Crippen LogP contribution in [0.1, 0.15) is 11.3 Å². The van der Waals surface area contributed by atoms with E-state index in [4.69, 9.17) is 5.26 Å². The third-order valence-corrected chi connectivity index (χ3v) is 2.36. The van der Waals surface area contributed by atoms with Crippen molar-refractivity contribution >= 4 is 0 Å². The predicted octanol–water partition coefficient (Wildman–Crippen LogP) is 3.07. The van der Waals surface area contributed by atoms with Crippen LogP contribution in [0.15, 0.2) is 36.4 Å². The van der Waals surface area contributed by atoms with E-state index in [1.807, 2.05) is 6.07 Å². The molecule has 1 aromatic carbocycles. The molecule has 3 heteroatoms. The summed E-state index contributed by atoms with van der Waals surface area (Å²) in [4.78, 5) is 4.21. The summed E-state index contributed by atoms with van der Waals surface area (Å²) in [6.45, 7) is 1.74. The first-order valence-electron chi connectivity index (χ1n) is 4.85. The molecule has 2 aromatic rings. The number of nitriles is 1. The highest BCUT2D eigenvalue weighted by molar-refractivity contribution is 5.60. The first kappa shape index (κ1) is 10.3. The maximum Gasteiger partial charge on any atom is 0.132 e. The molecule has 0 aliphatic heterocycles. The minimum atomic E-state index is -0.306. The second kappa shape index (κ2) is 4.11. The third kappa shape index (κ3) is 1.78. The highest BCUT2D eigenvalue weighted by Crippen LogP contribution is 2.21. The van der Waals surface area contributed by atoms with Gasteiger partial charge >= 0.3 is 0 Å². The lowest BCUT2D eigenvalue weighted by molar-refractivity contribution is 0.630. The van der Waals surface area contributed by atoms with E-state index in [1.54, 1.807) is 37.3 Å². The zero-order valence-electron chi connectivity index (χ0n) is 8.74. The van der Waals surface area contributed by atoms with Gasteiger partial charge in [-0.15, -0.1) is 0 Å². The predicted molar refractivity (Wildman–Crippen MR) is 59.1 cm³/mol. The van der Waals surface area contributed by atoms with Crippen molar-refractivity contribution in [1.82, 2.24) is 4.98 Å². The summed E-state index contributed by atoms with van der Waals surface area (Å²) >= 11 is 0. The van der Waals surface area contributed by atoms with E-state index >= 15 is 0 Å². The Morgan fingerprint density at radius 3 is 2.56 bits per heavy atom. The number of nitrogens with zero attached hydrogens (tertiary/aromatic N) is 2. The molecule has 0 bridgehead atoms. The van der Waals surface area contributed by atoms with Crippen LogP contribution >= 0.6 is 0 Å². The summed E-state index contributed by atoms with van der Waals surface area (Å²) in [7, 11) is 0. The quantitative estimate of drug-likeness (QED) is 0.728. The first-order chi connectivity index (χ1) is 7.72. The molecule has 0 N–H and O–H groups in total. The average Bonchev–Trinajstić information content (AvgIpc) is 2.29. The van der Waals surface area contributed by atoms with Gasteiger partial charge in [0.05, 0.1) is 17.0 Å². The van der Waals surface area contributed by atoms with E-state index in [9.17, 15) is 4.39 Å². The summed E-state index contributed by atoms with van der Waals surface area (Å²) in [6.07, 6.45) is 0. The Balaban J connectivity index is 2.55. The zero-order chi connectivity index (χ0) is 11.5. The van der Waals surface area contributed by atoms with Gasteiger partial charge in [-0.2, -0.15) is 5.26 Å². The molecule has 0 unspecified atom stereocenters. The van der Waals surface area contributed by atoms with Gasteiger partial charge in [0.1, 0.15) is 11.9 Å². The second-order valence-electron chi connectivity index (χ2n) is 3.42. The van der Waals surface area contributed by atoms with Gasteiger partial charge in [-0.25, -0.2) is 4.39 Å². The number of hydrogen-bond acceptors (Lipinski definition) is 2. The number of aromatic nitrogens is 1. The normalized spacial score (nSPS) is 9.81. The highest BCUT2D eigenvalue weighted by atomic mass is 19.1. The number of aryl methyl sites for hydroxylation is 1. The zero-order valence-corrected chi connectivity index (χ0v) is 8.74. The molecular formula is C13H9FN2. The van der Waals surface area contributed by atoms with E-state index in [0.717, 1.165) is 0 Å². The SMILES string of the molecule is Cc1nc(-c2ccccc2F)ccc1C#N. The number of hydrogen-bond donors (Lipinski definition) is 0. The Labute approximate surface area is 93.0 Å². The smallest absolute Gasteiger partial charge is 0.132 e. The molecule has 0 radical (unpaired) electrons. The fourth-order valence-corrected chi connectivity index (χ4v) is 1.50. The van der Waals surface area contributed by atoms with E-state index in [2.05, 4.69) is 4.98 Å². The molecule has 2 rings (SSSR count). The molecule has 2 nitrogen and oxygen atoms in total. The maximum absolute atomic E-state index is 13.5. The number of halogens is 1. The van der Waals surface area contributed by atoms with Crippen molar-refractivity contribution in [1.29, 1.82) is 5.26 Å². The van der Waals surface area contributed by atoms with Gasteiger partial charge in [0.2, 0.25) is 0 Å². The summed E-state index contributed by atoms with van der Waals surface area (Å²) in [6, 6.07) is 11.8. The third-order valence-electron chi connectivity index (χ3n) is 2.36. The summed E-state index contributed by atoms with van der Waals surface area (Å²) in [5.41, 5.74) is 2.13. The van der Waals surface area contributed by atoms with Gasteiger partial charge in [0.25, 0.3) is 0 Å². The van der Waals surface area contributed by atoms with Crippen molar-refractivity contribution in [2.45, 2.75) is 6.92 Å². The van der Waals surface area contributed by atoms with Gasteiger partial charge in [-0.05, 0) is 31.2 Å². The molecule has 16 heavy (non-hydrogen) atoms. The van der Waals surface area contributed by atoms with Crippen molar-refractivity contribution in [3.8, 4) is 17.3 Å². The first-order valence-corrected chi connectivity index (χ1v) is 4.85. The monoisotopic (exact) mass is 212 g/mol. The molecule has 0 aliphatic carbocycles. The number of benzene rings is 1. The minimum Gasteiger partial charge on any atom is -0.252 e. The minimum absolute atomic E-state index is 0.306. The molecule has 0 amide bonds. The van der Waals surface area contributed by atoms with Crippen LogP contribution < -0.4 is 0 Å². The Bertz CT molecular complexity index is 570. The number of pyridine rings is 1. The molecule has 0 saturated carbocycles. The summed E-state index contributed by atoms with van der Waals surface area (Å²) in [5.74, 6) is -0.306. The molecule has 0 fully saturated rings. The molecular weight excluding hydrogens is 203 g/mol. The molecule has 0 atom stereocenters. The van der Waals surface area contributed by atoms with E-state index < -0.39 is 0 Å². The number of rotatable bonds is 1. The lowest BCUT2D eigenvalue weighted by atomic mass is 10.1. The van der Waals surface area contributed by atoms with Crippen LogP contribution in [0.4, 0.5) is 4.39 Å². The summed E-state index contributed by atoms with van der Waals surface area (Å²) < 4.78 is 13.5. The van der Waals surface area contributed by atoms with E-state index in [-0.39, 0.29) is 5.82 Å². The van der Waals surface area contributed by atoms with Crippen LogP contribution in [0, 0.1) is 24.1 Å². The molecule has 1 heterocycles. The maximum atomic E-state index is 13.5. The van der Waals surface area contributed by atoms with E-state index in [0.29, 0.717) is 22.5 Å². The van der Waals surface area contributed by atoms with E-state index in [1.165, 1.54) is 6.07 Å².